The highest BCUT2D eigenvalue weighted by atomic mass is 32.2. The standard InChI is InChI=1S/C15H17NO3S/c1-2-19-13-7-8-14(16)15(9-13)20(18)10-11-3-5-12(17)6-4-11/h3-9,17H,2,10,16H2,1H3. The molecular weight excluding hydrogens is 274 g/mol. The fraction of sp³-hybridized carbons (Fsp3) is 0.200. The van der Waals surface area contributed by atoms with E-state index in [9.17, 15) is 9.32 Å². The van der Waals surface area contributed by atoms with Crippen molar-refractivity contribution in [1.82, 2.24) is 0 Å². The molecule has 0 aliphatic rings. The Hall–Kier alpha value is -2.01. The molecule has 0 amide bonds. The third kappa shape index (κ3) is 3.51. The quantitative estimate of drug-likeness (QED) is 0.831. The highest BCUT2D eigenvalue weighted by Gasteiger charge is 2.10. The molecule has 0 spiro atoms. The van der Waals surface area contributed by atoms with Crippen LogP contribution in [0.3, 0.4) is 0 Å². The smallest absolute Gasteiger partial charge is 0.120 e. The summed E-state index contributed by atoms with van der Waals surface area (Å²) in [6.45, 7) is 2.44. The van der Waals surface area contributed by atoms with Crippen LogP contribution in [0.15, 0.2) is 47.4 Å². The molecule has 0 saturated carbocycles. The van der Waals surface area contributed by atoms with E-state index < -0.39 is 10.8 Å². The second-order valence-electron chi connectivity index (χ2n) is 4.29. The monoisotopic (exact) mass is 291 g/mol. The van der Waals surface area contributed by atoms with Crippen LogP contribution in [0.25, 0.3) is 0 Å². The zero-order valence-electron chi connectivity index (χ0n) is 11.2. The summed E-state index contributed by atoms with van der Waals surface area (Å²) >= 11 is 0. The van der Waals surface area contributed by atoms with Crippen LogP contribution < -0.4 is 10.5 Å². The first-order valence-electron chi connectivity index (χ1n) is 6.28. The molecule has 3 N–H and O–H groups in total. The van der Waals surface area contributed by atoms with Crippen molar-refractivity contribution in [2.75, 3.05) is 12.3 Å². The molecule has 1 atom stereocenters. The third-order valence-electron chi connectivity index (χ3n) is 2.78. The fourth-order valence-electron chi connectivity index (χ4n) is 1.79. The lowest BCUT2D eigenvalue weighted by Crippen LogP contribution is -2.02. The largest absolute Gasteiger partial charge is 0.508 e. The summed E-state index contributed by atoms with van der Waals surface area (Å²) in [4.78, 5) is 0.573. The zero-order chi connectivity index (χ0) is 14.5. The first kappa shape index (κ1) is 14.4. The maximum Gasteiger partial charge on any atom is 0.120 e. The molecule has 2 aromatic carbocycles. The molecule has 5 heteroatoms. The summed E-state index contributed by atoms with van der Waals surface area (Å²) < 4.78 is 17.8. The van der Waals surface area contributed by atoms with Gasteiger partial charge in [-0.1, -0.05) is 12.1 Å². The molecule has 0 radical (unpaired) electrons. The lowest BCUT2D eigenvalue weighted by atomic mass is 10.2. The SMILES string of the molecule is CCOc1ccc(N)c(S(=O)Cc2ccc(O)cc2)c1. The summed E-state index contributed by atoms with van der Waals surface area (Å²) in [5, 5.41) is 9.23. The van der Waals surface area contributed by atoms with Crippen LogP contribution in [0, 0.1) is 0 Å². The van der Waals surface area contributed by atoms with Gasteiger partial charge in [0, 0.05) is 5.69 Å². The zero-order valence-corrected chi connectivity index (χ0v) is 12.0. The van der Waals surface area contributed by atoms with Crippen LogP contribution in [0.2, 0.25) is 0 Å². The predicted molar refractivity (Wildman–Crippen MR) is 80.2 cm³/mol. The number of anilines is 1. The molecule has 2 rings (SSSR count). The van der Waals surface area contributed by atoms with Gasteiger partial charge in [0.05, 0.1) is 28.1 Å². The molecule has 2 aromatic rings. The van der Waals surface area contributed by atoms with Crippen LogP contribution in [-0.2, 0) is 16.6 Å². The number of hydrogen-bond donors (Lipinski definition) is 2. The molecule has 4 nitrogen and oxygen atoms in total. The summed E-state index contributed by atoms with van der Waals surface area (Å²) in [6, 6.07) is 11.8. The molecule has 106 valence electrons. The Labute approximate surface area is 120 Å². The minimum absolute atomic E-state index is 0.192. The van der Waals surface area contributed by atoms with Crippen LogP contribution in [0.4, 0.5) is 5.69 Å². The van der Waals surface area contributed by atoms with Crippen molar-refractivity contribution in [3.63, 3.8) is 0 Å². The van der Waals surface area contributed by atoms with E-state index in [2.05, 4.69) is 0 Å². The number of phenolic OH excluding ortho intramolecular Hbond substituents is 1. The van der Waals surface area contributed by atoms with E-state index in [1.54, 1.807) is 42.5 Å². The van der Waals surface area contributed by atoms with Gasteiger partial charge in [0.25, 0.3) is 0 Å². The van der Waals surface area contributed by atoms with Crippen molar-refractivity contribution in [1.29, 1.82) is 0 Å². The Morgan fingerprint density at radius 3 is 2.55 bits per heavy atom. The summed E-state index contributed by atoms with van der Waals surface area (Å²) in [5.41, 5.74) is 7.24. The van der Waals surface area contributed by atoms with E-state index in [1.165, 1.54) is 0 Å². The number of benzene rings is 2. The Morgan fingerprint density at radius 2 is 1.90 bits per heavy atom. The summed E-state index contributed by atoms with van der Waals surface area (Å²) in [7, 11) is -1.25. The Morgan fingerprint density at radius 1 is 1.20 bits per heavy atom. The average Bonchev–Trinajstić information content (AvgIpc) is 2.43. The van der Waals surface area contributed by atoms with E-state index in [1.807, 2.05) is 6.92 Å². The van der Waals surface area contributed by atoms with Gasteiger partial charge in [-0.3, -0.25) is 4.21 Å². The Kier molecular flexibility index (Phi) is 4.63. The van der Waals surface area contributed by atoms with Crippen LogP contribution in [-0.4, -0.2) is 15.9 Å². The maximum atomic E-state index is 12.4. The molecule has 0 fully saturated rings. The van der Waals surface area contributed by atoms with E-state index in [4.69, 9.17) is 10.5 Å². The van der Waals surface area contributed by atoms with Crippen LogP contribution in [0.5, 0.6) is 11.5 Å². The summed E-state index contributed by atoms with van der Waals surface area (Å²) in [5.74, 6) is 1.20. The molecule has 1 unspecified atom stereocenters. The number of nitrogen functional groups attached to an aromatic ring is 1. The fourth-order valence-corrected chi connectivity index (χ4v) is 3.02. The maximum absolute atomic E-state index is 12.4. The number of phenols is 1. The average molecular weight is 291 g/mol. The van der Waals surface area contributed by atoms with Crippen molar-refractivity contribution in [2.24, 2.45) is 0 Å². The van der Waals surface area contributed by atoms with Gasteiger partial charge in [0.15, 0.2) is 0 Å². The van der Waals surface area contributed by atoms with Gasteiger partial charge >= 0.3 is 0 Å². The van der Waals surface area contributed by atoms with Crippen LogP contribution >= 0.6 is 0 Å². The van der Waals surface area contributed by atoms with Gasteiger partial charge in [0.1, 0.15) is 11.5 Å². The van der Waals surface area contributed by atoms with Gasteiger partial charge in [-0.25, -0.2) is 0 Å². The van der Waals surface area contributed by atoms with Crippen molar-refractivity contribution in [3.05, 3.63) is 48.0 Å². The number of hydrogen-bond acceptors (Lipinski definition) is 4. The van der Waals surface area contributed by atoms with Gasteiger partial charge in [-0.2, -0.15) is 0 Å². The Bertz CT molecular complexity index is 611. The predicted octanol–water partition coefficient (Wildman–Crippen LogP) is 2.68. The molecule has 0 aliphatic heterocycles. The lowest BCUT2D eigenvalue weighted by molar-refractivity contribution is 0.339. The molecule has 20 heavy (non-hydrogen) atoms. The molecule has 0 heterocycles. The van der Waals surface area contributed by atoms with Crippen molar-refractivity contribution in [2.45, 2.75) is 17.6 Å². The molecule has 0 bridgehead atoms. The second kappa shape index (κ2) is 6.43. The van der Waals surface area contributed by atoms with Gasteiger partial charge in [0.2, 0.25) is 0 Å². The van der Waals surface area contributed by atoms with Crippen molar-refractivity contribution >= 4 is 16.5 Å². The van der Waals surface area contributed by atoms with Gasteiger partial charge < -0.3 is 15.6 Å². The highest BCUT2D eigenvalue weighted by molar-refractivity contribution is 7.84. The van der Waals surface area contributed by atoms with Gasteiger partial charge in [-0.05, 0) is 42.8 Å². The van der Waals surface area contributed by atoms with Crippen LogP contribution in [0.1, 0.15) is 12.5 Å². The summed E-state index contributed by atoms with van der Waals surface area (Å²) in [6.07, 6.45) is 0. The van der Waals surface area contributed by atoms with Gasteiger partial charge in [-0.15, -0.1) is 0 Å². The number of ether oxygens (including phenoxy) is 1. The number of nitrogens with two attached hydrogens (primary N) is 1. The molecule has 0 aliphatic carbocycles. The van der Waals surface area contributed by atoms with E-state index in [-0.39, 0.29) is 5.75 Å². The minimum atomic E-state index is -1.25. The molecular formula is C15H17NO3S. The first-order valence-corrected chi connectivity index (χ1v) is 7.60. The molecule has 0 aromatic heterocycles. The Balaban J connectivity index is 2.19. The first-order chi connectivity index (χ1) is 9.60. The second-order valence-corrected chi connectivity index (χ2v) is 5.71. The van der Waals surface area contributed by atoms with E-state index in [0.29, 0.717) is 28.7 Å². The van der Waals surface area contributed by atoms with Crippen molar-refractivity contribution in [3.8, 4) is 11.5 Å². The van der Waals surface area contributed by atoms with E-state index >= 15 is 0 Å². The van der Waals surface area contributed by atoms with Crippen molar-refractivity contribution < 1.29 is 14.1 Å². The topological polar surface area (TPSA) is 72.5 Å². The normalized spacial score (nSPS) is 12.1. The highest BCUT2D eigenvalue weighted by Crippen LogP contribution is 2.25. The lowest BCUT2D eigenvalue weighted by Gasteiger charge is -2.09. The number of aromatic hydroxyl groups is 1. The van der Waals surface area contributed by atoms with E-state index in [0.717, 1.165) is 5.56 Å². The molecule has 0 saturated heterocycles. The minimum Gasteiger partial charge on any atom is -0.508 e. The number of rotatable bonds is 5. The third-order valence-corrected chi connectivity index (χ3v) is 4.22.